The van der Waals surface area contributed by atoms with Crippen LogP contribution in [0.3, 0.4) is 0 Å². The lowest BCUT2D eigenvalue weighted by Crippen LogP contribution is -2.19. The Labute approximate surface area is 130 Å². The maximum absolute atomic E-state index is 4.71. The second-order valence-electron chi connectivity index (χ2n) is 6.59. The number of hydrogen-bond donors (Lipinski definition) is 2. The van der Waals surface area contributed by atoms with Gasteiger partial charge in [-0.25, -0.2) is 9.97 Å². The maximum Gasteiger partial charge on any atom is 0.135 e. The molecule has 0 aliphatic carbocycles. The molecule has 0 aromatic carbocycles. The summed E-state index contributed by atoms with van der Waals surface area (Å²) in [6.07, 6.45) is 1.09. The summed E-state index contributed by atoms with van der Waals surface area (Å²) >= 11 is 0. The van der Waals surface area contributed by atoms with Gasteiger partial charge in [0.05, 0.1) is 0 Å². The van der Waals surface area contributed by atoms with E-state index < -0.39 is 0 Å². The van der Waals surface area contributed by atoms with Gasteiger partial charge in [-0.2, -0.15) is 0 Å². The topological polar surface area (TPSA) is 49.8 Å². The molecule has 0 aliphatic heterocycles. The van der Waals surface area contributed by atoms with E-state index in [4.69, 9.17) is 4.98 Å². The van der Waals surface area contributed by atoms with Crippen molar-refractivity contribution >= 4 is 11.6 Å². The van der Waals surface area contributed by atoms with Crippen LogP contribution in [0.4, 0.5) is 11.6 Å². The molecule has 0 saturated carbocycles. The first-order valence-corrected chi connectivity index (χ1v) is 8.23. The van der Waals surface area contributed by atoms with E-state index in [1.807, 2.05) is 0 Å². The Morgan fingerprint density at radius 1 is 0.952 bits per heavy atom. The zero-order valence-electron chi connectivity index (χ0n) is 14.7. The summed E-state index contributed by atoms with van der Waals surface area (Å²) in [5, 5.41) is 6.93. The second-order valence-corrected chi connectivity index (χ2v) is 6.59. The van der Waals surface area contributed by atoms with Crippen LogP contribution in [0.25, 0.3) is 0 Å². The third-order valence-electron chi connectivity index (χ3n) is 3.95. The Bertz CT molecular complexity index is 441. The molecule has 4 nitrogen and oxygen atoms in total. The van der Waals surface area contributed by atoms with Crippen molar-refractivity contribution in [2.45, 2.75) is 60.8 Å². The molecule has 1 rings (SSSR count). The maximum atomic E-state index is 4.71. The van der Waals surface area contributed by atoms with Gasteiger partial charge in [0.25, 0.3) is 0 Å². The number of hydrogen-bond acceptors (Lipinski definition) is 4. The van der Waals surface area contributed by atoms with E-state index in [0.717, 1.165) is 42.5 Å². The van der Waals surface area contributed by atoms with Gasteiger partial charge in [-0.1, -0.05) is 41.5 Å². The quantitative estimate of drug-likeness (QED) is 0.744. The van der Waals surface area contributed by atoms with Gasteiger partial charge in [0, 0.05) is 24.6 Å². The van der Waals surface area contributed by atoms with Crippen molar-refractivity contribution in [3.8, 4) is 0 Å². The summed E-state index contributed by atoms with van der Waals surface area (Å²) < 4.78 is 0. The van der Waals surface area contributed by atoms with Gasteiger partial charge in [0.1, 0.15) is 17.5 Å². The van der Waals surface area contributed by atoms with E-state index in [1.165, 1.54) is 0 Å². The lowest BCUT2D eigenvalue weighted by atomic mass is 9.98. The van der Waals surface area contributed by atoms with E-state index in [1.54, 1.807) is 0 Å². The third kappa shape index (κ3) is 5.18. The monoisotopic (exact) mass is 292 g/mol. The molecular formula is C17H32N4. The van der Waals surface area contributed by atoms with Crippen LogP contribution in [0.15, 0.2) is 0 Å². The highest BCUT2D eigenvalue weighted by molar-refractivity contribution is 5.57. The SMILES string of the molecule is CCCNc1nc(C(C)C)nc(NCC(C)C(C)C)c1C. The molecule has 0 amide bonds. The molecular weight excluding hydrogens is 260 g/mol. The average Bonchev–Trinajstić information content (AvgIpc) is 2.44. The Hall–Kier alpha value is -1.32. The Kier molecular flexibility index (Phi) is 6.93. The highest BCUT2D eigenvalue weighted by Crippen LogP contribution is 2.24. The largest absolute Gasteiger partial charge is 0.370 e. The molecule has 1 unspecified atom stereocenters. The fourth-order valence-electron chi connectivity index (χ4n) is 1.87. The highest BCUT2D eigenvalue weighted by atomic mass is 15.1. The van der Waals surface area contributed by atoms with Gasteiger partial charge in [-0.3, -0.25) is 0 Å². The average molecular weight is 292 g/mol. The predicted molar refractivity (Wildman–Crippen MR) is 92.1 cm³/mol. The molecule has 21 heavy (non-hydrogen) atoms. The van der Waals surface area contributed by atoms with Crippen LogP contribution in [0.5, 0.6) is 0 Å². The lowest BCUT2D eigenvalue weighted by molar-refractivity contribution is 0.439. The molecule has 0 saturated heterocycles. The first-order chi connectivity index (χ1) is 9.86. The summed E-state index contributed by atoms with van der Waals surface area (Å²) in [5.74, 6) is 4.46. The number of anilines is 2. The summed E-state index contributed by atoms with van der Waals surface area (Å²) in [4.78, 5) is 9.38. The molecule has 0 radical (unpaired) electrons. The van der Waals surface area contributed by atoms with Gasteiger partial charge < -0.3 is 10.6 Å². The first kappa shape index (κ1) is 17.7. The molecule has 1 aromatic rings. The van der Waals surface area contributed by atoms with Crippen molar-refractivity contribution < 1.29 is 0 Å². The molecule has 1 aromatic heterocycles. The summed E-state index contributed by atoms with van der Waals surface area (Å²) in [5.41, 5.74) is 1.11. The van der Waals surface area contributed by atoms with Crippen LogP contribution >= 0.6 is 0 Å². The summed E-state index contributed by atoms with van der Waals surface area (Å²) in [6.45, 7) is 17.2. The molecule has 0 spiro atoms. The minimum absolute atomic E-state index is 0.329. The van der Waals surface area contributed by atoms with E-state index in [-0.39, 0.29) is 0 Å². The van der Waals surface area contributed by atoms with Gasteiger partial charge in [-0.05, 0) is 25.2 Å². The Morgan fingerprint density at radius 2 is 1.52 bits per heavy atom. The zero-order valence-corrected chi connectivity index (χ0v) is 14.7. The standard InChI is InChI=1S/C17H32N4/c1-8-9-18-16-14(7)17(19-10-13(6)11(2)3)21-15(20-16)12(4)5/h11-13H,8-10H2,1-7H3,(H2,18,19,20,21). The van der Waals surface area contributed by atoms with Crippen molar-refractivity contribution in [1.29, 1.82) is 0 Å². The van der Waals surface area contributed by atoms with Crippen molar-refractivity contribution in [3.05, 3.63) is 11.4 Å². The lowest BCUT2D eigenvalue weighted by Gasteiger charge is -2.20. The van der Waals surface area contributed by atoms with Crippen LogP contribution in [-0.4, -0.2) is 23.1 Å². The van der Waals surface area contributed by atoms with Crippen LogP contribution in [0.1, 0.15) is 65.3 Å². The van der Waals surface area contributed by atoms with Crippen molar-refractivity contribution in [1.82, 2.24) is 9.97 Å². The van der Waals surface area contributed by atoms with Gasteiger partial charge in [0.15, 0.2) is 0 Å². The Morgan fingerprint density at radius 3 is 2.00 bits per heavy atom. The summed E-state index contributed by atoms with van der Waals surface area (Å²) in [7, 11) is 0. The van der Waals surface area contributed by atoms with Crippen LogP contribution in [0, 0.1) is 18.8 Å². The van der Waals surface area contributed by atoms with Crippen LogP contribution < -0.4 is 10.6 Å². The molecule has 4 heteroatoms. The number of nitrogens with zero attached hydrogens (tertiary/aromatic N) is 2. The molecule has 0 aliphatic rings. The van der Waals surface area contributed by atoms with Gasteiger partial charge in [0.2, 0.25) is 0 Å². The fraction of sp³-hybridized carbons (Fsp3) is 0.765. The minimum Gasteiger partial charge on any atom is -0.370 e. The molecule has 0 bridgehead atoms. The van der Waals surface area contributed by atoms with E-state index >= 15 is 0 Å². The number of aromatic nitrogens is 2. The predicted octanol–water partition coefficient (Wildman–Crippen LogP) is 4.43. The van der Waals surface area contributed by atoms with Crippen molar-refractivity contribution in [2.24, 2.45) is 11.8 Å². The fourth-order valence-corrected chi connectivity index (χ4v) is 1.87. The van der Waals surface area contributed by atoms with E-state index in [0.29, 0.717) is 17.8 Å². The van der Waals surface area contributed by atoms with Crippen LogP contribution in [0.2, 0.25) is 0 Å². The normalized spacial score (nSPS) is 12.8. The van der Waals surface area contributed by atoms with Crippen molar-refractivity contribution in [3.63, 3.8) is 0 Å². The molecule has 120 valence electrons. The van der Waals surface area contributed by atoms with Crippen molar-refractivity contribution in [2.75, 3.05) is 23.7 Å². The number of rotatable bonds is 8. The van der Waals surface area contributed by atoms with E-state index in [2.05, 4.69) is 64.1 Å². The summed E-state index contributed by atoms with van der Waals surface area (Å²) in [6, 6.07) is 0. The highest BCUT2D eigenvalue weighted by Gasteiger charge is 2.14. The zero-order chi connectivity index (χ0) is 16.0. The number of nitrogens with one attached hydrogen (secondary N) is 2. The Balaban J connectivity index is 2.97. The third-order valence-corrected chi connectivity index (χ3v) is 3.95. The molecule has 2 N–H and O–H groups in total. The van der Waals surface area contributed by atoms with Crippen LogP contribution in [-0.2, 0) is 0 Å². The van der Waals surface area contributed by atoms with Gasteiger partial charge in [-0.15, -0.1) is 0 Å². The first-order valence-electron chi connectivity index (χ1n) is 8.23. The smallest absolute Gasteiger partial charge is 0.135 e. The van der Waals surface area contributed by atoms with Gasteiger partial charge >= 0.3 is 0 Å². The molecule has 1 heterocycles. The molecule has 1 atom stereocenters. The second kappa shape index (κ2) is 8.20. The molecule has 0 fully saturated rings. The minimum atomic E-state index is 0.329. The van der Waals surface area contributed by atoms with E-state index in [9.17, 15) is 0 Å².